The van der Waals surface area contributed by atoms with Gasteiger partial charge in [-0.15, -0.1) is 0 Å². The maximum absolute atomic E-state index is 14.7. The van der Waals surface area contributed by atoms with E-state index in [1.54, 1.807) is 24.1 Å². The number of fused-ring (bicyclic) bond motifs is 2. The van der Waals surface area contributed by atoms with E-state index in [1.807, 2.05) is 0 Å². The molecule has 1 aliphatic rings. The van der Waals surface area contributed by atoms with Crippen LogP contribution in [0.15, 0.2) is 29.3 Å². The van der Waals surface area contributed by atoms with Crippen molar-refractivity contribution < 1.29 is 22.7 Å². The Bertz CT molecular complexity index is 1750. The molecule has 4 aromatic rings. The van der Waals surface area contributed by atoms with Gasteiger partial charge in [0.15, 0.2) is 5.65 Å². The molecule has 1 aromatic carbocycles. The van der Waals surface area contributed by atoms with Crippen LogP contribution in [0.25, 0.3) is 32.5 Å². The van der Waals surface area contributed by atoms with Gasteiger partial charge in [0.05, 0.1) is 34.0 Å². The first-order valence-corrected chi connectivity index (χ1v) is 14.0. The van der Waals surface area contributed by atoms with Crippen molar-refractivity contribution in [2.75, 3.05) is 32.1 Å². The molecule has 1 amide bonds. The maximum atomic E-state index is 14.7. The number of halogens is 2. The maximum Gasteiger partial charge on any atom is 0.404 e. The standard InChI is InChI=1S/C22H23ClFN7O5S2/c1-28(2)38(35,36)31-9-12(11-4-5-15-19(17(11)23)29(3)22(34)37-15)18-20(31)27-16(8-25-18)30-7-6-14(13(24)10-30)26-21(32)33/h4-5,8-9,13-14,26H,6-7,10H2,1-3H3,(H,32,33)/t13-,14+/m1/s1. The molecule has 1 saturated heterocycles. The summed E-state index contributed by atoms with van der Waals surface area (Å²) in [5.41, 5.74) is 1.65. The molecule has 16 heteroatoms. The summed E-state index contributed by atoms with van der Waals surface area (Å²) < 4.78 is 45.3. The zero-order chi connectivity index (χ0) is 27.5. The number of aryl methyl sites for hydroxylation is 1. The second kappa shape index (κ2) is 9.48. The molecule has 0 aliphatic carbocycles. The number of aromatic nitrogens is 4. The lowest BCUT2D eigenvalue weighted by Gasteiger charge is -2.35. The quantitative estimate of drug-likeness (QED) is 0.365. The third-order valence-corrected chi connectivity index (χ3v) is 9.59. The fourth-order valence-corrected chi connectivity index (χ4v) is 6.77. The van der Waals surface area contributed by atoms with E-state index in [-0.39, 0.29) is 46.4 Å². The van der Waals surface area contributed by atoms with Crippen LogP contribution in [0.3, 0.4) is 0 Å². The molecule has 0 unspecified atom stereocenters. The highest BCUT2D eigenvalue weighted by Crippen LogP contribution is 2.39. The summed E-state index contributed by atoms with van der Waals surface area (Å²) in [6, 6.07) is 2.59. The molecule has 3 aromatic heterocycles. The van der Waals surface area contributed by atoms with Crippen molar-refractivity contribution in [3.63, 3.8) is 0 Å². The number of nitrogens with one attached hydrogen (secondary N) is 1. The van der Waals surface area contributed by atoms with E-state index in [0.717, 1.165) is 19.6 Å². The zero-order valence-corrected chi connectivity index (χ0v) is 22.8. The minimum Gasteiger partial charge on any atom is -0.465 e. The lowest BCUT2D eigenvalue weighted by atomic mass is 10.0. The summed E-state index contributed by atoms with van der Waals surface area (Å²) in [5.74, 6) is 0.246. The molecule has 4 heterocycles. The highest BCUT2D eigenvalue weighted by Gasteiger charge is 2.32. The van der Waals surface area contributed by atoms with E-state index in [4.69, 9.17) is 16.7 Å². The van der Waals surface area contributed by atoms with Crippen molar-refractivity contribution in [1.29, 1.82) is 0 Å². The monoisotopic (exact) mass is 583 g/mol. The number of nitrogens with zero attached hydrogens (tertiary/aromatic N) is 6. The fourth-order valence-electron chi connectivity index (χ4n) is 4.49. The summed E-state index contributed by atoms with van der Waals surface area (Å²) in [6.07, 6.45) is 0.203. The van der Waals surface area contributed by atoms with Crippen LogP contribution in [-0.4, -0.2) is 81.8 Å². The van der Waals surface area contributed by atoms with Gasteiger partial charge in [-0.25, -0.2) is 23.1 Å². The van der Waals surface area contributed by atoms with Crippen LogP contribution < -0.4 is 15.1 Å². The minimum absolute atomic E-state index is 0.0164. The summed E-state index contributed by atoms with van der Waals surface area (Å²) in [6.45, 7) is 0.141. The topological polar surface area (TPSA) is 143 Å². The van der Waals surface area contributed by atoms with Gasteiger partial charge in [0.25, 0.3) is 0 Å². The van der Waals surface area contributed by atoms with Gasteiger partial charge in [-0.3, -0.25) is 4.79 Å². The van der Waals surface area contributed by atoms with Crippen molar-refractivity contribution in [3.05, 3.63) is 39.2 Å². The number of alkyl halides is 1. The third-order valence-electron chi connectivity index (χ3n) is 6.51. The predicted molar refractivity (Wildman–Crippen MR) is 143 cm³/mol. The summed E-state index contributed by atoms with van der Waals surface area (Å²) in [5, 5.41) is 11.4. The predicted octanol–water partition coefficient (Wildman–Crippen LogP) is 2.50. The Hall–Kier alpha value is -3.27. The van der Waals surface area contributed by atoms with E-state index in [2.05, 4.69) is 15.3 Å². The van der Waals surface area contributed by atoms with Crippen molar-refractivity contribution in [3.8, 4) is 11.1 Å². The summed E-state index contributed by atoms with van der Waals surface area (Å²) >= 11 is 7.78. The third kappa shape index (κ3) is 4.28. The van der Waals surface area contributed by atoms with Crippen molar-refractivity contribution in [1.82, 2.24) is 28.1 Å². The first-order valence-electron chi connectivity index (χ1n) is 11.4. The van der Waals surface area contributed by atoms with Gasteiger partial charge in [0.1, 0.15) is 17.5 Å². The Balaban J connectivity index is 1.65. The number of carbonyl (C=O) groups is 1. The van der Waals surface area contributed by atoms with Crippen LogP contribution in [0.4, 0.5) is 15.0 Å². The smallest absolute Gasteiger partial charge is 0.404 e. The van der Waals surface area contributed by atoms with Crippen LogP contribution in [0, 0.1) is 0 Å². The van der Waals surface area contributed by atoms with Gasteiger partial charge < -0.3 is 19.9 Å². The average molecular weight is 584 g/mol. The summed E-state index contributed by atoms with van der Waals surface area (Å²) in [7, 11) is 0.322. The van der Waals surface area contributed by atoms with Crippen LogP contribution in [0.2, 0.25) is 5.02 Å². The average Bonchev–Trinajstić information content (AvgIpc) is 3.38. The van der Waals surface area contributed by atoms with E-state index in [0.29, 0.717) is 21.3 Å². The molecular weight excluding hydrogens is 561 g/mol. The first kappa shape index (κ1) is 26.3. The second-order valence-corrected chi connectivity index (χ2v) is 12.4. The number of amides is 1. The van der Waals surface area contributed by atoms with Gasteiger partial charge in [-0.1, -0.05) is 29.0 Å². The SMILES string of the molecule is CN(C)S(=O)(=O)n1cc(-c2ccc3sc(=O)n(C)c3c2Cl)c2ncc(N3CC[C@H](NC(=O)O)[C@H](F)C3)nc21. The zero-order valence-electron chi connectivity index (χ0n) is 20.4. The Labute approximate surface area is 225 Å². The van der Waals surface area contributed by atoms with Gasteiger partial charge in [-0.05, 0) is 12.5 Å². The normalized spacial score (nSPS) is 18.5. The molecule has 12 nitrogen and oxygen atoms in total. The molecule has 0 spiro atoms. The van der Waals surface area contributed by atoms with Crippen LogP contribution >= 0.6 is 22.9 Å². The lowest BCUT2D eigenvalue weighted by molar-refractivity contribution is 0.168. The number of carboxylic acid groups (broad SMARTS) is 1. The number of piperidine rings is 1. The molecule has 0 radical (unpaired) electrons. The largest absolute Gasteiger partial charge is 0.465 e. The Morgan fingerprint density at radius 2 is 2.05 bits per heavy atom. The Kier molecular flexibility index (Phi) is 6.57. The number of hydrogen-bond donors (Lipinski definition) is 2. The van der Waals surface area contributed by atoms with E-state index < -0.39 is 28.5 Å². The Morgan fingerprint density at radius 1 is 1.32 bits per heavy atom. The van der Waals surface area contributed by atoms with Gasteiger partial charge >= 0.3 is 21.2 Å². The van der Waals surface area contributed by atoms with Crippen LogP contribution in [-0.2, 0) is 17.3 Å². The number of hydrogen-bond acceptors (Lipinski definition) is 8. The Morgan fingerprint density at radius 3 is 2.71 bits per heavy atom. The van der Waals surface area contributed by atoms with E-state index in [9.17, 15) is 22.4 Å². The van der Waals surface area contributed by atoms with E-state index in [1.165, 1.54) is 31.1 Å². The highest BCUT2D eigenvalue weighted by atomic mass is 35.5. The molecule has 2 atom stereocenters. The number of thiazole rings is 1. The van der Waals surface area contributed by atoms with Crippen molar-refractivity contribution in [2.24, 2.45) is 7.05 Å². The number of benzene rings is 1. The molecule has 38 heavy (non-hydrogen) atoms. The molecule has 5 rings (SSSR count). The molecule has 1 aliphatic heterocycles. The molecule has 0 bridgehead atoms. The second-order valence-electron chi connectivity index (χ2n) is 9.04. The van der Waals surface area contributed by atoms with Gasteiger partial charge in [0, 0.05) is 45.0 Å². The highest BCUT2D eigenvalue weighted by molar-refractivity contribution is 7.87. The molecule has 0 saturated carbocycles. The van der Waals surface area contributed by atoms with Crippen LogP contribution in [0.5, 0.6) is 0 Å². The summed E-state index contributed by atoms with van der Waals surface area (Å²) in [4.78, 5) is 33.6. The number of rotatable bonds is 5. The van der Waals surface area contributed by atoms with E-state index >= 15 is 0 Å². The fraction of sp³-hybridized carbons (Fsp3) is 0.364. The van der Waals surface area contributed by atoms with Gasteiger partial charge in [0.2, 0.25) is 0 Å². The lowest BCUT2D eigenvalue weighted by Crippen LogP contribution is -2.52. The molecule has 202 valence electrons. The van der Waals surface area contributed by atoms with Crippen molar-refractivity contribution in [2.45, 2.75) is 18.6 Å². The van der Waals surface area contributed by atoms with Crippen molar-refractivity contribution >= 4 is 66.4 Å². The molecule has 2 N–H and O–H groups in total. The van der Waals surface area contributed by atoms with Crippen LogP contribution in [0.1, 0.15) is 6.42 Å². The number of anilines is 1. The van der Waals surface area contributed by atoms with Gasteiger partial charge in [-0.2, -0.15) is 12.7 Å². The first-order chi connectivity index (χ1) is 17.9. The minimum atomic E-state index is -4.05. The molecular formula is C22H23ClFN7O5S2. The molecule has 1 fully saturated rings.